The Balaban J connectivity index is 1.72. The van der Waals surface area contributed by atoms with E-state index in [1.54, 1.807) is 29.1 Å². The number of benzene rings is 2. The lowest BCUT2D eigenvalue weighted by atomic mass is 10.2. The van der Waals surface area contributed by atoms with Gasteiger partial charge in [-0.1, -0.05) is 48.0 Å². The SMILES string of the molecule is O=c1c(NCc2ccc(F)cc2Cl)nc2ccncc2n1Cc1ccccc1. The molecule has 0 saturated carbocycles. The van der Waals surface area contributed by atoms with Gasteiger partial charge in [-0.05, 0) is 29.3 Å². The van der Waals surface area contributed by atoms with E-state index >= 15 is 0 Å². The summed E-state index contributed by atoms with van der Waals surface area (Å²) in [7, 11) is 0. The van der Waals surface area contributed by atoms with E-state index in [4.69, 9.17) is 11.6 Å². The van der Waals surface area contributed by atoms with Gasteiger partial charge < -0.3 is 5.32 Å². The molecule has 2 aromatic heterocycles. The van der Waals surface area contributed by atoms with Gasteiger partial charge >= 0.3 is 0 Å². The van der Waals surface area contributed by atoms with Gasteiger partial charge in [0.05, 0.1) is 23.8 Å². The minimum atomic E-state index is -0.407. The van der Waals surface area contributed by atoms with Gasteiger partial charge in [0.2, 0.25) is 0 Å². The van der Waals surface area contributed by atoms with Crippen LogP contribution in [0.4, 0.5) is 10.2 Å². The van der Waals surface area contributed by atoms with Crippen LogP contribution in [0.5, 0.6) is 0 Å². The number of hydrogen-bond donors (Lipinski definition) is 1. The molecule has 0 saturated heterocycles. The van der Waals surface area contributed by atoms with Gasteiger partial charge in [0.1, 0.15) is 5.82 Å². The second-order valence-electron chi connectivity index (χ2n) is 6.29. The fourth-order valence-corrected chi connectivity index (χ4v) is 3.20. The average Bonchev–Trinajstić information content (AvgIpc) is 2.71. The van der Waals surface area contributed by atoms with Crippen molar-refractivity contribution in [2.75, 3.05) is 5.32 Å². The molecular formula is C21H16ClFN4O. The van der Waals surface area contributed by atoms with Crippen LogP contribution in [0, 0.1) is 5.82 Å². The van der Waals surface area contributed by atoms with E-state index < -0.39 is 5.82 Å². The molecular weight excluding hydrogens is 379 g/mol. The van der Waals surface area contributed by atoms with E-state index in [1.165, 1.54) is 12.1 Å². The van der Waals surface area contributed by atoms with Crippen molar-refractivity contribution in [3.8, 4) is 0 Å². The highest BCUT2D eigenvalue weighted by atomic mass is 35.5. The third-order valence-electron chi connectivity index (χ3n) is 4.39. The summed E-state index contributed by atoms with van der Waals surface area (Å²) in [6, 6.07) is 15.6. The minimum absolute atomic E-state index is 0.204. The van der Waals surface area contributed by atoms with Gasteiger partial charge in [-0.15, -0.1) is 0 Å². The predicted molar refractivity (Wildman–Crippen MR) is 108 cm³/mol. The highest BCUT2D eigenvalue weighted by Crippen LogP contribution is 2.19. The molecule has 0 unspecified atom stereocenters. The molecule has 4 rings (SSSR count). The van der Waals surface area contributed by atoms with E-state index in [9.17, 15) is 9.18 Å². The first kappa shape index (κ1) is 18.1. The van der Waals surface area contributed by atoms with Crippen molar-refractivity contribution in [1.82, 2.24) is 14.5 Å². The highest BCUT2D eigenvalue weighted by molar-refractivity contribution is 6.31. The molecule has 0 amide bonds. The third kappa shape index (κ3) is 3.73. The summed E-state index contributed by atoms with van der Waals surface area (Å²) in [5, 5.41) is 3.33. The van der Waals surface area contributed by atoms with Crippen LogP contribution in [0.3, 0.4) is 0 Å². The van der Waals surface area contributed by atoms with E-state index in [2.05, 4.69) is 15.3 Å². The standard InChI is InChI=1S/C21H16ClFN4O/c22-17-10-16(23)7-6-15(17)11-25-20-21(28)27(13-14-4-2-1-3-5-14)19-12-24-9-8-18(19)26-20/h1-10,12H,11,13H2,(H,25,26). The molecule has 1 N–H and O–H groups in total. The molecule has 2 aromatic carbocycles. The zero-order valence-corrected chi connectivity index (χ0v) is 15.5. The van der Waals surface area contributed by atoms with Gasteiger partial charge in [-0.3, -0.25) is 14.3 Å². The molecule has 0 atom stereocenters. The third-order valence-corrected chi connectivity index (χ3v) is 4.75. The first-order valence-electron chi connectivity index (χ1n) is 8.68. The molecule has 4 aromatic rings. The maximum Gasteiger partial charge on any atom is 0.294 e. The van der Waals surface area contributed by atoms with Crippen LogP contribution in [0.25, 0.3) is 11.0 Å². The topological polar surface area (TPSA) is 59.8 Å². The number of pyridine rings is 1. The molecule has 7 heteroatoms. The second-order valence-corrected chi connectivity index (χ2v) is 6.70. The molecule has 0 aliphatic heterocycles. The number of rotatable bonds is 5. The van der Waals surface area contributed by atoms with Gasteiger partial charge in [-0.25, -0.2) is 9.37 Å². The first-order chi connectivity index (χ1) is 13.6. The number of aromatic nitrogens is 3. The van der Waals surface area contributed by atoms with Gasteiger partial charge in [0, 0.05) is 17.8 Å². The monoisotopic (exact) mass is 394 g/mol. The fourth-order valence-electron chi connectivity index (χ4n) is 2.97. The zero-order valence-electron chi connectivity index (χ0n) is 14.8. The summed E-state index contributed by atoms with van der Waals surface area (Å²) >= 11 is 6.08. The Morgan fingerprint density at radius 1 is 1.11 bits per heavy atom. The van der Waals surface area contributed by atoms with E-state index in [0.29, 0.717) is 28.2 Å². The Bertz CT molecular complexity index is 1190. The number of nitrogens with zero attached hydrogens (tertiary/aromatic N) is 3. The van der Waals surface area contributed by atoms with E-state index in [1.807, 2.05) is 30.3 Å². The zero-order chi connectivity index (χ0) is 19.5. The number of halogens is 2. The number of nitrogens with one attached hydrogen (secondary N) is 1. The Hall–Kier alpha value is -3.25. The van der Waals surface area contributed by atoms with Crippen molar-refractivity contribution in [2.24, 2.45) is 0 Å². The lowest BCUT2D eigenvalue weighted by Crippen LogP contribution is -2.26. The van der Waals surface area contributed by atoms with Gasteiger partial charge in [0.25, 0.3) is 5.56 Å². The fraction of sp³-hybridized carbons (Fsp3) is 0.0952. The molecule has 5 nitrogen and oxygen atoms in total. The van der Waals surface area contributed by atoms with Crippen LogP contribution >= 0.6 is 11.6 Å². The van der Waals surface area contributed by atoms with Crippen LogP contribution < -0.4 is 10.9 Å². The predicted octanol–water partition coefficient (Wildman–Crippen LogP) is 4.24. The number of anilines is 1. The van der Waals surface area contributed by atoms with Crippen LogP contribution in [0.1, 0.15) is 11.1 Å². The van der Waals surface area contributed by atoms with Crippen molar-refractivity contribution < 1.29 is 4.39 Å². The van der Waals surface area contributed by atoms with E-state index in [-0.39, 0.29) is 17.9 Å². The largest absolute Gasteiger partial charge is 0.361 e. The number of hydrogen-bond acceptors (Lipinski definition) is 4. The summed E-state index contributed by atoms with van der Waals surface area (Å²) in [6.45, 7) is 0.652. The van der Waals surface area contributed by atoms with Crippen molar-refractivity contribution in [3.05, 3.63) is 99.3 Å². The van der Waals surface area contributed by atoms with Crippen molar-refractivity contribution in [3.63, 3.8) is 0 Å². The molecule has 0 radical (unpaired) electrons. The van der Waals surface area contributed by atoms with Gasteiger partial charge in [-0.2, -0.15) is 0 Å². The maximum atomic E-state index is 13.2. The highest BCUT2D eigenvalue weighted by Gasteiger charge is 2.12. The molecule has 2 heterocycles. The molecule has 140 valence electrons. The van der Waals surface area contributed by atoms with Crippen molar-refractivity contribution in [1.29, 1.82) is 0 Å². The smallest absolute Gasteiger partial charge is 0.294 e. The van der Waals surface area contributed by atoms with Crippen LogP contribution in [-0.2, 0) is 13.1 Å². The Morgan fingerprint density at radius 2 is 1.93 bits per heavy atom. The molecule has 0 aliphatic carbocycles. The Kier molecular flexibility index (Phi) is 5.04. The summed E-state index contributed by atoms with van der Waals surface area (Å²) < 4.78 is 14.9. The quantitative estimate of drug-likeness (QED) is 0.550. The Labute approximate surface area is 165 Å². The number of fused-ring (bicyclic) bond motifs is 1. The Morgan fingerprint density at radius 3 is 2.71 bits per heavy atom. The summed E-state index contributed by atoms with van der Waals surface area (Å²) in [6.07, 6.45) is 3.26. The van der Waals surface area contributed by atoms with Crippen LogP contribution in [0.2, 0.25) is 5.02 Å². The molecule has 28 heavy (non-hydrogen) atoms. The average molecular weight is 395 g/mol. The molecule has 0 fully saturated rings. The lowest BCUT2D eigenvalue weighted by Gasteiger charge is -2.13. The summed E-state index contributed by atoms with van der Waals surface area (Å²) in [4.78, 5) is 21.6. The second kappa shape index (κ2) is 7.78. The van der Waals surface area contributed by atoms with Crippen molar-refractivity contribution in [2.45, 2.75) is 13.1 Å². The van der Waals surface area contributed by atoms with Crippen LogP contribution in [-0.4, -0.2) is 14.5 Å². The summed E-state index contributed by atoms with van der Waals surface area (Å²) in [5.74, 6) is -0.203. The lowest BCUT2D eigenvalue weighted by molar-refractivity contribution is 0.627. The van der Waals surface area contributed by atoms with Gasteiger partial charge in [0.15, 0.2) is 5.82 Å². The summed E-state index contributed by atoms with van der Waals surface area (Å²) in [5.41, 5.74) is 2.71. The molecule has 0 bridgehead atoms. The minimum Gasteiger partial charge on any atom is -0.361 e. The van der Waals surface area contributed by atoms with E-state index in [0.717, 1.165) is 5.56 Å². The maximum absolute atomic E-state index is 13.2. The first-order valence-corrected chi connectivity index (χ1v) is 9.06. The molecule has 0 aliphatic rings. The van der Waals surface area contributed by atoms with Crippen molar-refractivity contribution >= 4 is 28.5 Å². The normalized spacial score (nSPS) is 10.9. The van der Waals surface area contributed by atoms with Crippen LogP contribution in [0.15, 0.2) is 71.8 Å². The molecule has 0 spiro atoms.